The van der Waals surface area contributed by atoms with E-state index in [2.05, 4.69) is 4.74 Å². The summed E-state index contributed by atoms with van der Waals surface area (Å²) in [4.78, 5) is 21.0. The van der Waals surface area contributed by atoms with Gasteiger partial charge in [0, 0.05) is 5.92 Å². The fourth-order valence-corrected chi connectivity index (χ4v) is 0.336. The van der Waals surface area contributed by atoms with Crippen LogP contribution in [0.25, 0.3) is 0 Å². The molecule has 0 saturated carbocycles. The monoisotopic (exact) mass is 138 g/mol. The molecule has 10 heavy (non-hydrogen) atoms. The van der Waals surface area contributed by atoms with Crippen LogP contribution in [0.4, 0.5) is 0 Å². The number of hydrogen-bond donors (Lipinski definition) is 0. The number of ketones is 1. The van der Waals surface area contributed by atoms with Crippen LogP contribution in [-0.4, -0.2) is 18.9 Å². The van der Waals surface area contributed by atoms with Crippen LogP contribution >= 0.6 is 0 Å². The quantitative estimate of drug-likeness (QED) is 0.241. The van der Waals surface area contributed by atoms with Crippen LogP contribution in [0.2, 0.25) is 0 Å². The summed E-state index contributed by atoms with van der Waals surface area (Å²) in [5.41, 5.74) is 0. The first-order chi connectivity index (χ1) is 4.09. The van der Waals surface area contributed by atoms with E-state index in [4.69, 9.17) is 0 Å². The van der Waals surface area contributed by atoms with E-state index >= 15 is 0 Å². The molecule has 0 rings (SSSR count). The van der Waals surface area contributed by atoms with Gasteiger partial charge in [0.25, 0.3) is 0 Å². The maximum Gasteiger partial charge on any atom is 1.00 e. The van der Waals surface area contributed by atoms with Crippen molar-refractivity contribution in [2.24, 2.45) is 5.92 Å². The van der Waals surface area contributed by atoms with Crippen molar-refractivity contribution in [1.82, 2.24) is 0 Å². The smallest absolute Gasteiger partial charge is 1.00 e. The molecule has 0 aromatic heterocycles. The predicted octanol–water partition coefficient (Wildman–Crippen LogP) is -2.50. The number of carbonyl (C=O) groups is 2. The zero-order chi connectivity index (χ0) is 7.44. The molecule has 0 aromatic carbocycles. The number of ether oxygens (including phenoxy) is 1. The normalized spacial score (nSPS) is 8.40. The maximum absolute atomic E-state index is 10.6. The van der Waals surface area contributed by atoms with Crippen molar-refractivity contribution in [3.05, 3.63) is 0 Å². The number of hydrogen-bond acceptors (Lipinski definition) is 3. The third-order valence-corrected chi connectivity index (χ3v) is 0.911. The fourth-order valence-electron chi connectivity index (χ4n) is 0.336. The molecule has 0 radical (unpaired) electrons. The first kappa shape index (κ1) is 12.4. The van der Waals surface area contributed by atoms with Gasteiger partial charge in [-0.2, -0.15) is 0 Å². The standard InChI is InChI=1S/C6H10O3.Li.H/c1-4(2)5(7)6(8)9-3;;/h4H,1-3H3;;/q;+1;-1. The van der Waals surface area contributed by atoms with Crippen molar-refractivity contribution >= 4 is 11.8 Å². The Morgan fingerprint density at radius 3 is 1.90 bits per heavy atom. The summed E-state index contributed by atoms with van der Waals surface area (Å²) in [5, 5.41) is 0. The molecule has 0 spiro atoms. The number of methoxy groups -OCH3 is 1. The summed E-state index contributed by atoms with van der Waals surface area (Å²) in [6.07, 6.45) is 0. The van der Waals surface area contributed by atoms with Gasteiger partial charge in [-0.3, -0.25) is 4.79 Å². The Balaban J connectivity index is -0.000000320. The molecule has 0 bridgehead atoms. The molecule has 0 saturated heterocycles. The molecule has 0 unspecified atom stereocenters. The van der Waals surface area contributed by atoms with Gasteiger partial charge in [0.15, 0.2) is 0 Å². The van der Waals surface area contributed by atoms with E-state index in [0.29, 0.717) is 0 Å². The van der Waals surface area contributed by atoms with Crippen molar-refractivity contribution in [2.45, 2.75) is 13.8 Å². The van der Waals surface area contributed by atoms with E-state index in [1.165, 1.54) is 7.11 Å². The largest absolute Gasteiger partial charge is 1.00 e. The number of carbonyl (C=O) groups excluding carboxylic acids is 2. The summed E-state index contributed by atoms with van der Waals surface area (Å²) < 4.78 is 4.18. The van der Waals surface area contributed by atoms with Crippen LogP contribution in [0.15, 0.2) is 0 Å². The van der Waals surface area contributed by atoms with Crippen LogP contribution in [0, 0.1) is 5.92 Å². The van der Waals surface area contributed by atoms with E-state index in [-0.39, 0.29) is 26.2 Å². The average molecular weight is 138 g/mol. The Morgan fingerprint density at radius 1 is 1.40 bits per heavy atom. The summed E-state index contributed by atoms with van der Waals surface area (Å²) in [6.45, 7) is 3.30. The minimum atomic E-state index is -0.759. The van der Waals surface area contributed by atoms with Crippen molar-refractivity contribution in [3.8, 4) is 0 Å². The topological polar surface area (TPSA) is 43.4 Å². The van der Waals surface area contributed by atoms with Crippen molar-refractivity contribution < 1.29 is 34.6 Å². The number of Topliss-reactive ketones (excluding diaryl/α,β-unsaturated/α-hetero) is 1. The Bertz CT molecular complexity index is 136. The Labute approximate surface area is 73.8 Å². The van der Waals surface area contributed by atoms with Gasteiger partial charge in [0.2, 0.25) is 5.78 Å². The predicted molar refractivity (Wildman–Crippen MR) is 33.0 cm³/mol. The Hall–Kier alpha value is -0.263. The van der Waals surface area contributed by atoms with E-state index < -0.39 is 11.8 Å². The van der Waals surface area contributed by atoms with Crippen molar-refractivity contribution in [2.75, 3.05) is 7.11 Å². The van der Waals surface area contributed by atoms with Crippen molar-refractivity contribution in [1.29, 1.82) is 0 Å². The van der Waals surface area contributed by atoms with Gasteiger partial charge in [-0.15, -0.1) is 0 Å². The number of rotatable bonds is 2. The third kappa shape index (κ3) is 3.70. The Morgan fingerprint density at radius 2 is 1.80 bits per heavy atom. The maximum atomic E-state index is 10.6. The van der Waals surface area contributed by atoms with Gasteiger partial charge in [0.05, 0.1) is 7.11 Å². The second-order valence-corrected chi connectivity index (χ2v) is 2.01. The summed E-state index contributed by atoms with van der Waals surface area (Å²) in [7, 11) is 1.20. The minimum absolute atomic E-state index is 0. The molecular formula is C6H11LiO3. The second kappa shape index (κ2) is 5.52. The minimum Gasteiger partial charge on any atom is -1.00 e. The van der Waals surface area contributed by atoms with E-state index in [0.717, 1.165) is 0 Å². The SMILES string of the molecule is COC(=O)C(=O)C(C)C.[H-].[Li+]. The van der Waals surface area contributed by atoms with E-state index in [1.807, 2.05) is 0 Å². The van der Waals surface area contributed by atoms with E-state index in [1.54, 1.807) is 13.8 Å². The summed E-state index contributed by atoms with van der Waals surface area (Å²) in [5.74, 6) is -1.50. The fraction of sp³-hybridized carbons (Fsp3) is 0.667. The molecule has 0 aromatic rings. The molecule has 3 nitrogen and oxygen atoms in total. The molecule has 0 atom stereocenters. The summed E-state index contributed by atoms with van der Waals surface area (Å²) >= 11 is 0. The zero-order valence-electron chi connectivity index (χ0n) is 7.80. The molecular weight excluding hydrogens is 127 g/mol. The van der Waals surface area contributed by atoms with Gasteiger partial charge < -0.3 is 6.16 Å². The van der Waals surface area contributed by atoms with Gasteiger partial charge in [0.1, 0.15) is 0 Å². The van der Waals surface area contributed by atoms with Gasteiger partial charge in [-0.05, 0) is 0 Å². The van der Waals surface area contributed by atoms with Crippen molar-refractivity contribution in [3.63, 3.8) is 0 Å². The van der Waals surface area contributed by atoms with E-state index in [9.17, 15) is 9.59 Å². The van der Waals surface area contributed by atoms with Gasteiger partial charge >= 0.3 is 24.8 Å². The summed E-state index contributed by atoms with van der Waals surface area (Å²) in [6, 6.07) is 0. The zero-order valence-corrected chi connectivity index (χ0v) is 6.80. The van der Waals surface area contributed by atoms with Crippen LogP contribution in [0.3, 0.4) is 0 Å². The molecule has 54 valence electrons. The molecule has 0 aliphatic carbocycles. The molecule has 0 aliphatic rings. The molecule has 0 fully saturated rings. The molecule has 4 heteroatoms. The third-order valence-electron chi connectivity index (χ3n) is 0.911. The van der Waals surface area contributed by atoms with Crippen LogP contribution in [-0.2, 0) is 14.3 Å². The second-order valence-electron chi connectivity index (χ2n) is 2.01. The molecule has 0 heterocycles. The first-order valence-corrected chi connectivity index (χ1v) is 2.71. The van der Waals surface area contributed by atoms with Crippen LogP contribution in [0.5, 0.6) is 0 Å². The first-order valence-electron chi connectivity index (χ1n) is 2.71. The molecule has 0 aliphatic heterocycles. The van der Waals surface area contributed by atoms with Crippen LogP contribution < -0.4 is 18.9 Å². The number of esters is 1. The van der Waals surface area contributed by atoms with Crippen LogP contribution in [0.1, 0.15) is 15.3 Å². The molecule has 0 amide bonds. The molecule has 0 N–H and O–H groups in total. The van der Waals surface area contributed by atoms with Gasteiger partial charge in [-0.1, -0.05) is 13.8 Å². The van der Waals surface area contributed by atoms with Gasteiger partial charge in [-0.25, -0.2) is 4.79 Å². The average Bonchev–Trinajstić information content (AvgIpc) is 1.84. The Kier molecular flexibility index (Phi) is 6.85.